The predicted octanol–water partition coefficient (Wildman–Crippen LogP) is 3.45. The van der Waals surface area contributed by atoms with Crippen molar-refractivity contribution >= 4 is 5.82 Å². The van der Waals surface area contributed by atoms with Gasteiger partial charge in [-0.25, -0.2) is 9.97 Å². The molecular weight excluding hydrogens is 348 g/mol. The smallest absolute Gasteiger partial charge is 0.147 e. The van der Waals surface area contributed by atoms with Crippen molar-refractivity contribution in [2.45, 2.75) is 58.4 Å². The first kappa shape index (κ1) is 18.9. The van der Waals surface area contributed by atoms with E-state index >= 15 is 0 Å². The highest BCUT2D eigenvalue weighted by atomic mass is 15.3. The second-order valence-corrected chi connectivity index (χ2v) is 8.23. The molecule has 1 spiro atoms. The summed E-state index contributed by atoms with van der Waals surface area (Å²) in [6.45, 7) is 10.3. The summed E-state index contributed by atoms with van der Waals surface area (Å²) in [7, 11) is 0. The maximum atomic E-state index is 9.67. The highest BCUT2D eigenvalue weighted by Gasteiger charge is 2.46. The van der Waals surface area contributed by atoms with Gasteiger partial charge < -0.3 is 9.88 Å². The average Bonchev–Trinajstić information content (AvgIpc) is 3.18. The molecule has 2 aromatic rings. The second-order valence-electron chi connectivity index (χ2n) is 8.23. The van der Waals surface area contributed by atoms with Gasteiger partial charge >= 0.3 is 0 Å². The number of hydrogen-bond donors (Lipinski definition) is 1. The van der Waals surface area contributed by atoms with E-state index in [1.165, 1.54) is 24.2 Å². The third kappa shape index (κ3) is 3.08. The predicted molar refractivity (Wildman–Crippen MR) is 110 cm³/mol. The van der Waals surface area contributed by atoms with Crippen LogP contribution < -0.4 is 4.90 Å². The SMILES string of the molecule is CCCCN1CCc2[nH]cnc2C12CCN(c1nc(C)cc(C)c1C#N)CC2. The largest absolute Gasteiger partial charge is 0.355 e. The van der Waals surface area contributed by atoms with E-state index in [1.807, 2.05) is 26.2 Å². The van der Waals surface area contributed by atoms with E-state index in [9.17, 15) is 5.26 Å². The maximum Gasteiger partial charge on any atom is 0.147 e. The molecule has 0 aliphatic carbocycles. The van der Waals surface area contributed by atoms with Gasteiger partial charge in [-0.2, -0.15) is 5.26 Å². The molecule has 0 atom stereocenters. The number of pyridine rings is 1. The summed E-state index contributed by atoms with van der Waals surface area (Å²) in [5, 5.41) is 9.67. The van der Waals surface area contributed by atoms with Crippen LogP contribution >= 0.6 is 0 Å². The molecule has 1 N–H and O–H groups in total. The number of hydrogen-bond acceptors (Lipinski definition) is 5. The van der Waals surface area contributed by atoms with Gasteiger partial charge in [0.1, 0.15) is 11.9 Å². The van der Waals surface area contributed by atoms with Crippen LogP contribution in [0.2, 0.25) is 0 Å². The van der Waals surface area contributed by atoms with Crippen LogP contribution in [0.25, 0.3) is 0 Å². The number of aromatic amines is 1. The standard InChI is InChI=1S/C22H30N6/c1-4-5-9-28-10-6-19-20(25-15-24-19)22(28)7-11-27(12-8-22)21-18(14-23)16(2)13-17(3)26-21/h13,15H,4-12H2,1-3H3,(H,24,25). The second kappa shape index (κ2) is 7.56. The van der Waals surface area contributed by atoms with Crippen LogP contribution in [0, 0.1) is 25.2 Å². The zero-order valence-corrected chi connectivity index (χ0v) is 17.3. The Morgan fingerprint density at radius 3 is 2.75 bits per heavy atom. The van der Waals surface area contributed by atoms with Crippen molar-refractivity contribution in [3.63, 3.8) is 0 Å². The van der Waals surface area contributed by atoms with Crippen molar-refractivity contribution < 1.29 is 0 Å². The fourth-order valence-corrected chi connectivity index (χ4v) is 5.02. The summed E-state index contributed by atoms with van der Waals surface area (Å²) < 4.78 is 0. The fraction of sp³-hybridized carbons (Fsp3) is 0.591. The summed E-state index contributed by atoms with van der Waals surface area (Å²) in [6.07, 6.45) is 7.40. The molecule has 0 aromatic carbocycles. The quantitative estimate of drug-likeness (QED) is 0.882. The fourth-order valence-electron chi connectivity index (χ4n) is 5.02. The van der Waals surface area contributed by atoms with E-state index in [1.54, 1.807) is 0 Å². The number of nitrogens with zero attached hydrogens (tertiary/aromatic N) is 5. The van der Waals surface area contributed by atoms with Crippen molar-refractivity contribution in [2.24, 2.45) is 0 Å². The minimum atomic E-state index is 0.0188. The molecule has 0 radical (unpaired) electrons. The molecule has 6 heteroatoms. The minimum Gasteiger partial charge on any atom is -0.355 e. The van der Waals surface area contributed by atoms with Crippen LogP contribution in [-0.4, -0.2) is 46.0 Å². The van der Waals surface area contributed by atoms with Crippen LogP contribution in [0.4, 0.5) is 5.82 Å². The Morgan fingerprint density at radius 1 is 1.25 bits per heavy atom. The number of H-pyrrole nitrogens is 1. The van der Waals surface area contributed by atoms with E-state index in [4.69, 9.17) is 9.97 Å². The van der Waals surface area contributed by atoms with E-state index in [2.05, 4.69) is 27.8 Å². The Hall–Kier alpha value is -2.39. The van der Waals surface area contributed by atoms with Crippen LogP contribution in [0.1, 0.15) is 60.8 Å². The molecule has 2 aliphatic heterocycles. The summed E-state index contributed by atoms with van der Waals surface area (Å²) in [5.74, 6) is 0.855. The molecular formula is C22H30N6. The normalized spacial score (nSPS) is 18.9. The molecule has 0 unspecified atom stereocenters. The number of rotatable bonds is 4. The number of aryl methyl sites for hydroxylation is 2. The average molecular weight is 379 g/mol. The first-order chi connectivity index (χ1) is 13.6. The molecule has 28 heavy (non-hydrogen) atoms. The van der Waals surface area contributed by atoms with E-state index < -0.39 is 0 Å². The lowest BCUT2D eigenvalue weighted by atomic mass is 9.78. The Labute approximate surface area is 167 Å². The van der Waals surface area contributed by atoms with Gasteiger partial charge in [0.25, 0.3) is 0 Å². The number of piperidine rings is 1. The number of fused-ring (bicyclic) bond motifs is 2. The van der Waals surface area contributed by atoms with Gasteiger partial charge in [-0.15, -0.1) is 0 Å². The molecule has 0 saturated carbocycles. The molecule has 4 heterocycles. The summed E-state index contributed by atoms with van der Waals surface area (Å²) in [6, 6.07) is 4.37. The number of unbranched alkanes of at least 4 members (excludes halogenated alkanes) is 1. The molecule has 1 fully saturated rings. The third-order valence-corrected chi connectivity index (χ3v) is 6.51. The van der Waals surface area contributed by atoms with Crippen molar-refractivity contribution in [3.8, 4) is 6.07 Å². The van der Waals surface area contributed by atoms with Gasteiger partial charge in [0, 0.05) is 37.4 Å². The van der Waals surface area contributed by atoms with Crippen molar-refractivity contribution in [1.29, 1.82) is 5.26 Å². The van der Waals surface area contributed by atoms with Crippen molar-refractivity contribution in [3.05, 3.63) is 40.6 Å². The molecule has 4 rings (SSSR count). The Balaban J connectivity index is 1.63. The molecule has 1 saturated heterocycles. The Morgan fingerprint density at radius 2 is 2.04 bits per heavy atom. The van der Waals surface area contributed by atoms with Gasteiger partial charge in [-0.1, -0.05) is 13.3 Å². The van der Waals surface area contributed by atoms with Crippen LogP contribution in [0.3, 0.4) is 0 Å². The first-order valence-electron chi connectivity index (χ1n) is 10.5. The van der Waals surface area contributed by atoms with Gasteiger partial charge in [0.2, 0.25) is 0 Å². The number of nitriles is 1. The zero-order valence-electron chi connectivity index (χ0n) is 17.3. The molecule has 6 nitrogen and oxygen atoms in total. The minimum absolute atomic E-state index is 0.0188. The first-order valence-corrected chi connectivity index (χ1v) is 10.5. The van der Waals surface area contributed by atoms with Gasteiger partial charge in [-0.3, -0.25) is 4.90 Å². The molecule has 148 valence electrons. The molecule has 0 bridgehead atoms. The lowest BCUT2D eigenvalue weighted by Gasteiger charge is -2.51. The molecule has 0 amide bonds. The number of aromatic nitrogens is 3. The topological polar surface area (TPSA) is 71.8 Å². The van der Waals surface area contributed by atoms with E-state index in [0.717, 1.165) is 62.5 Å². The van der Waals surface area contributed by atoms with E-state index in [0.29, 0.717) is 5.56 Å². The lowest BCUT2D eigenvalue weighted by Crippen LogP contribution is -2.56. The Bertz CT molecular complexity index is 885. The number of imidazole rings is 1. The highest BCUT2D eigenvalue weighted by molar-refractivity contribution is 5.58. The monoisotopic (exact) mass is 378 g/mol. The van der Waals surface area contributed by atoms with Gasteiger partial charge in [0.15, 0.2) is 0 Å². The zero-order chi connectivity index (χ0) is 19.7. The van der Waals surface area contributed by atoms with E-state index in [-0.39, 0.29) is 5.54 Å². The number of anilines is 1. The third-order valence-electron chi connectivity index (χ3n) is 6.51. The lowest BCUT2D eigenvalue weighted by molar-refractivity contribution is 0.0431. The summed E-state index contributed by atoms with van der Waals surface area (Å²) in [4.78, 5) is 17.9. The van der Waals surface area contributed by atoms with Crippen LogP contribution in [0.5, 0.6) is 0 Å². The Kier molecular flexibility index (Phi) is 5.11. The summed E-state index contributed by atoms with van der Waals surface area (Å²) in [5.41, 5.74) is 5.29. The maximum absolute atomic E-state index is 9.67. The number of nitrogens with one attached hydrogen (secondary N) is 1. The van der Waals surface area contributed by atoms with Crippen molar-refractivity contribution in [2.75, 3.05) is 31.1 Å². The van der Waals surface area contributed by atoms with Crippen molar-refractivity contribution in [1.82, 2.24) is 19.9 Å². The molecule has 2 aliphatic rings. The summed E-state index contributed by atoms with van der Waals surface area (Å²) >= 11 is 0. The molecule has 2 aromatic heterocycles. The highest BCUT2D eigenvalue weighted by Crippen LogP contribution is 2.43. The van der Waals surface area contributed by atoms with Gasteiger partial charge in [0.05, 0.1) is 23.1 Å². The van der Waals surface area contributed by atoms with Crippen LogP contribution in [0.15, 0.2) is 12.4 Å². The van der Waals surface area contributed by atoms with Crippen LogP contribution in [-0.2, 0) is 12.0 Å². The van der Waals surface area contributed by atoms with Gasteiger partial charge in [-0.05, 0) is 51.3 Å².